The summed E-state index contributed by atoms with van der Waals surface area (Å²) in [7, 11) is 2.44. The summed E-state index contributed by atoms with van der Waals surface area (Å²) in [6, 6.07) is 0. The van der Waals surface area contributed by atoms with Crippen LogP contribution in [0.4, 0.5) is 0 Å². The van der Waals surface area contributed by atoms with Crippen molar-refractivity contribution in [1.29, 1.82) is 0 Å². The van der Waals surface area contributed by atoms with Gasteiger partial charge in [-0.25, -0.2) is 4.98 Å². The Balaban J connectivity index is 3.04. The zero-order valence-corrected chi connectivity index (χ0v) is 5.85. The maximum atomic E-state index is 3.98. The van der Waals surface area contributed by atoms with Gasteiger partial charge in [0.25, 0.3) is 0 Å². The fourth-order valence-corrected chi connectivity index (χ4v) is 1.16. The lowest BCUT2D eigenvalue weighted by atomic mass is 10.8. The maximum absolute atomic E-state index is 3.98. The predicted molar refractivity (Wildman–Crippen MR) is 34.0 cm³/mol. The van der Waals surface area contributed by atoms with Crippen LogP contribution in [0.3, 0.4) is 0 Å². The molecule has 7 heavy (non-hydrogen) atoms. The quantitative estimate of drug-likeness (QED) is 0.476. The molecule has 0 aliphatic carbocycles. The minimum atomic E-state index is 0.794. The second-order valence-electron chi connectivity index (χ2n) is 1.17. The summed E-state index contributed by atoms with van der Waals surface area (Å²) in [4.78, 5) is 3.98. The molecule has 0 saturated carbocycles. The third-order valence-corrected chi connectivity index (χ3v) is 1.62. The summed E-state index contributed by atoms with van der Waals surface area (Å²) in [5.74, 6) is 0. The first kappa shape index (κ1) is 5.13. The van der Waals surface area contributed by atoms with E-state index in [9.17, 15) is 0 Å². The van der Waals surface area contributed by atoms with Crippen molar-refractivity contribution in [3.8, 4) is 0 Å². The van der Waals surface area contributed by atoms with Gasteiger partial charge in [0.2, 0.25) is 0 Å². The van der Waals surface area contributed by atoms with E-state index in [1.165, 1.54) is 11.5 Å². The Morgan fingerprint density at radius 2 is 2.43 bits per heavy atom. The van der Waals surface area contributed by atoms with Crippen molar-refractivity contribution in [2.75, 3.05) is 0 Å². The van der Waals surface area contributed by atoms with Gasteiger partial charge in [-0.05, 0) is 18.5 Å². The van der Waals surface area contributed by atoms with E-state index < -0.39 is 0 Å². The Labute approximate surface area is 48.3 Å². The largest absolute Gasteiger partial charge is 0.221 e. The van der Waals surface area contributed by atoms with E-state index in [0.29, 0.717) is 0 Å². The van der Waals surface area contributed by atoms with Crippen molar-refractivity contribution in [1.82, 2.24) is 9.36 Å². The molecule has 0 aromatic carbocycles. The topological polar surface area (TPSA) is 25.8 Å². The summed E-state index contributed by atoms with van der Waals surface area (Å²) in [6.07, 6.45) is 0. The number of hydrogen-bond donors (Lipinski definition) is 0. The van der Waals surface area contributed by atoms with Crippen LogP contribution in [-0.4, -0.2) is 9.36 Å². The highest BCUT2D eigenvalue weighted by molar-refractivity contribution is 7.27. The lowest BCUT2D eigenvalue weighted by Crippen LogP contribution is -1.91. The van der Waals surface area contributed by atoms with E-state index in [-0.39, 0.29) is 0 Å². The first-order valence-corrected chi connectivity index (χ1v) is 3.20. The average molecular weight is 132 g/mol. The lowest BCUT2D eigenvalue weighted by molar-refractivity contribution is 1.32. The Morgan fingerprint density at radius 3 is 2.57 bits per heavy atom. The van der Waals surface area contributed by atoms with Crippen LogP contribution in [0.5, 0.6) is 0 Å². The van der Waals surface area contributed by atoms with E-state index in [2.05, 4.69) is 18.6 Å². The third kappa shape index (κ3) is 1.18. The zero-order chi connectivity index (χ0) is 5.28. The average Bonchev–Trinajstić information content (AvgIpc) is 1.87. The molecule has 1 heterocycles. The van der Waals surface area contributed by atoms with Crippen molar-refractivity contribution in [2.24, 2.45) is 0 Å². The van der Waals surface area contributed by atoms with Crippen LogP contribution in [0.25, 0.3) is 0 Å². The fraction of sp³-hybridized carbons (Fsp3) is 0.333. The minimum absolute atomic E-state index is 0.794. The number of aromatic nitrogens is 2. The van der Waals surface area contributed by atoms with Gasteiger partial charge in [0.1, 0.15) is 5.01 Å². The highest BCUT2D eigenvalue weighted by Gasteiger charge is 1.88. The molecule has 0 amide bonds. The monoisotopic (exact) mass is 132 g/mol. The van der Waals surface area contributed by atoms with Crippen LogP contribution in [-0.2, 0) is 0 Å². The van der Waals surface area contributed by atoms with Crippen LogP contribution in [0.15, 0.2) is 0 Å². The highest BCUT2D eigenvalue weighted by Crippen LogP contribution is 1.94. The van der Waals surface area contributed by atoms with Gasteiger partial charge in [0.15, 0.2) is 5.57 Å². The van der Waals surface area contributed by atoms with Crippen LogP contribution in [0, 0.1) is 6.92 Å². The maximum Gasteiger partial charge on any atom is 0.158 e. The SMILES string of the molecule is Cc1nc(P)ns1. The molecule has 1 rings (SSSR count). The first-order chi connectivity index (χ1) is 3.29. The Hall–Kier alpha value is -0.0100. The van der Waals surface area contributed by atoms with Crippen molar-refractivity contribution in [2.45, 2.75) is 6.92 Å². The molecule has 38 valence electrons. The lowest BCUT2D eigenvalue weighted by Gasteiger charge is -1.67. The summed E-state index contributed by atoms with van der Waals surface area (Å²) in [6.45, 7) is 1.94. The van der Waals surface area contributed by atoms with E-state index in [1.807, 2.05) is 6.92 Å². The molecular weight excluding hydrogens is 127 g/mol. The molecule has 4 heteroatoms. The summed E-state index contributed by atoms with van der Waals surface area (Å²) in [5, 5.41) is 1.02. The van der Waals surface area contributed by atoms with Crippen molar-refractivity contribution in [3.63, 3.8) is 0 Å². The van der Waals surface area contributed by atoms with Gasteiger partial charge < -0.3 is 0 Å². The summed E-state index contributed by atoms with van der Waals surface area (Å²) in [5.41, 5.74) is 0.794. The standard InChI is InChI=1S/C3H5N2PS/c1-2-4-3(6)5-7-2/h6H2,1H3. The molecule has 0 radical (unpaired) electrons. The van der Waals surface area contributed by atoms with E-state index in [1.54, 1.807) is 0 Å². The van der Waals surface area contributed by atoms with Gasteiger partial charge in [-0.2, -0.15) is 4.37 Å². The molecule has 0 aliphatic heterocycles. The summed E-state index contributed by atoms with van der Waals surface area (Å²) >= 11 is 1.42. The molecule has 0 aliphatic rings. The molecule has 1 atom stereocenters. The van der Waals surface area contributed by atoms with Crippen LogP contribution in [0.2, 0.25) is 0 Å². The number of hydrogen-bond acceptors (Lipinski definition) is 3. The fourth-order valence-electron chi connectivity index (χ4n) is 0.315. The van der Waals surface area contributed by atoms with Gasteiger partial charge in [-0.15, -0.1) is 0 Å². The first-order valence-electron chi connectivity index (χ1n) is 1.85. The Bertz CT molecular complexity index is 145. The molecule has 1 aromatic rings. The van der Waals surface area contributed by atoms with Crippen LogP contribution >= 0.6 is 20.8 Å². The highest BCUT2D eigenvalue weighted by atomic mass is 32.1. The molecule has 0 spiro atoms. The Morgan fingerprint density at radius 1 is 1.71 bits per heavy atom. The molecule has 0 N–H and O–H groups in total. The van der Waals surface area contributed by atoms with Gasteiger partial charge in [0, 0.05) is 0 Å². The van der Waals surface area contributed by atoms with E-state index in [0.717, 1.165) is 10.6 Å². The van der Waals surface area contributed by atoms with Crippen LogP contribution < -0.4 is 5.57 Å². The predicted octanol–water partition coefficient (Wildman–Crippen LogP) is 0.347. The second kappa shape index (κ2) is 1.85. The minimum Gasteiger partial charge on any atom is -0.221 e. The Kier molecular flexibility index (Phi) is 1.35. The molecular formula is C3H5N2PS. The third-order valence-electron chi connectivity index (χ3n) is 0.543. The summed E-state index contributed by atoms with van der Waals surface area (Å²) < 4.78 is 3.91. The van der Waals surface area contributed by atoms with Gasteiger partial charge in [0.05, 0.1) is 0 Å². The van der Waals surface area contributed by atoms with Crippen molar-refractivity contribution in [3.05, 3.63) is 5.01 Å². The van der Waals surface area contributed by atoms with Gasteiger partial charge >= 0.3 is 0 Å². The van der Waals surface area contributed by atoms with Gasteiger partial charge in [-0.3, -0.25) is 0 Å². The smallest absolute Gasteiger partial charge is 0.158 e. The number of rotatable bonds is 0. The molecule has 0 bridgehead atoms. The molecule has 1 unspecified atom stereocenters. The van der Waals surface area contributed by atoms with E-state index >= 15 is 0 Å². The zero-order valence-electron chi connectivity index (χ0n) is 3.88. The van der Waals surface area contributed by atoms with Crippen molar-refractivity contribution < 1.29 is 0 Å². The molecule has 0 fully saturated rings. The number of aryl methyl sites for hydroxylation is 1. The van der Waals surface area contributed by atoms with Gasteiger partial charge in [-0.1, -0.05) is 9.24 Å². The second-order valence-corrected chi connectivity index (χ2v) is 2.64. The van der Waals surface area contributed by atoms with Crippen molar-refractivity contribution >= 4 is 26.3 Å². The van der Waals surface area contributed by atoms with E-state index in [4.69, 9.17) is 0 Å². The van der Waals surface area contributed by atoms with Crippen LogP contribution in [0.1, 0.15) is 5.01 Å². The molecule has 1 aromatic heterocycles. The molecule has 2 nitrogen and oxygen atoms in total. The molecule has 0 saturated heterocycles. The normalized spacial score (nSPS) is 9.43. The number of nitrogens with zero attached hydrogens (tertiary/aromatic N) is 2.